The van der Waals surface area contributed by atoms with Crippen LogP contribution in [-0.4, -0.2) is 36.0 Å². The molecule has 0 saturated carbocycles. The zero-order valence-electron chi connectivity index (χ0n) is 15.5. The van der Waals surface area contributed by atoms with E-state index < -0.39 is 11.9 Å². The van der Waals surface area contributed by atoms with Gasteiger partial charge in [-0.1, -0.05) is 64.7 Å². The average molecular weight is 354 g/mol. The number of nitrogens with one attached hydrogen (secondary N) is 2. The van der Waals surface area contributed by atoms with Crippen LogP contribution in [-0.2, 0) is 14.4 Å². The first kappa shape index (κ1) is 23.1. The molecule has 0 aliphatic rings. The van der Waals surface area contributed by atoms with Crippen LogP contribution in [0.1, 0.15) is 77.6 Å². The fourth-order valence-electron chi connectivity index (χ4n) is 2.45. The van der Waals surface area contributed by atoms with Gasteiger partial charge in [0, 0.05) is 31.7 Å². The van der Waals surface area contributed by atoms with Crippen molar-refractivity contribution in [1.82, 2.24) is 10.6 Å². The molecule has 0 aliphatic carbocycles. The minimum atomic E-state index is -1.17. The maximum atomic E-state index is 11.6. The molecule has 0 atom stereocenters. The zero-order chi connectivity index (χ0) is 18.8. The van der Waals surface area contributed by atoms with Gasteiger partial charge in [-0.05, 0) is 6.42 Å². The molecule has 0 aromatic carbocycles. The predicted octanol–water partition coefficient (Wildman–Crippen LogP) is 3.17. The molecule has 0 heterocycles. The van der Waals surface area contributed by atoms with E-state index in [1.54, 1.807) is 0 Å². The number of carboxylic acid groups (broad SMARTS) is 1. The predicted molar refractivity (Wildman–Crippen MR) is 99.3 cm³/mol. The van der Waals surface area contributed by atoms with E-state index in [0.29, 0.717) is 13.0 Å². The van der Waals surface area contributed by atoms with Crippen LogP contribution < -0.4 is 10.6 Å². The fraction of sp³-hybridized carbons (Fsp3) is 0.737. The average Bonchev–Trinajstić information content (AvgIpc) is 2.58. The maximum Gasteiger partial charge on any atom is 0.328 e. The van der Waals surface area contributed by atoms with E-state index in [0.717, 1.165) is 25.0 Å². The number of unbranched alkanes of at least 4 members (excludes halogenated alkanes) is 9. The summed E-state index contributed by atoms with van der Waals surface area (Å²) in [6, 6.07) is 0. The van der Waals surface area contributed by atoms with E-state index in [1.165, 1.54) is 51.4 Å². The van der Waals surface area contributed by atoms with Crippen molar-refractivity contribution in [1.29, 1.82) is 0 Å². The van der Waals surface area contributed by atoms with Gasteiger partial charge in [0.15, 0.2) is 0 Å². The second-order valence-electron chi connectivity index (χ2n) is 6.24. The Morgan fingerprint density at radius 2 is 1.28 bits per heavy atom. The largest absolute Gasteiger partial charge is 0.478 e. The van der Waals surface area contributed by atoms with Crippen LogP contribution >= 0.6 is 0 Å². The molecule has 144 valence electrons. The molecule has 0 aliphatic heterocycles. The zero-order valence-corrected chi connectivity index (χ0v) is 15.5. The van der Waals surface area contributed by atoms with Crippen LogP contribution in [0.15, 0.2) is 12.2 Å². The maximum absolute atomic E-state index is 11.6. The summed E-state index contributed by atoms with van der Waals surface area (Å²) in [5, 5.41) is 13.6. The summed E-state index contributed by atoms with van der Waals surface area (Å²) in [5.41, 5.74) is 0. The lowest BCUT2D eigenvalue weighted by Crippen LogP contribution is -2.33. The Morgan fingerprint density at radius 1 is 0.760 bits per heavy atom. The summed E-state index contributed by atoms with van der Waals surface area (Å²) in [6.07, 6.45) is 14.6. The van der Waals surface area contributed by atoms with Gasteiger partial charge in [0.25, 0.3) is 0 Å². The van der Waals surface area contributed by atoms with Gasteiger partial charge < -0.3 is 15.7 Å². The first-order chi connectivity index (χ1) is 12.1. The molecule has 0 rings (SSSR count). The minimum Gasteiger partial charge on any atom is -0.478 e. The number of aliphatic carboxylic acids is 1. The Bertz CT molecular complexity index is 408. The Labute approximate surface area is 151 Å². The molecule has 0 bridgehead atoms. The molecular weight excluding hydrogens is 320 g/mol. The molecular formula is C19H34N2O4. The molecule has 0 aromatic rings. The van der Waals surface area contributed by atoms with Crippen LogP contribution in [0.4, 0.5) is 0 Å². The topological polar surface area (TPSA) is 95.5 Å². The van der Waals surface area contributed by atoms with Gasteiger partial charge in [-0.3, -0.25) is 9.59 Å². The molecule has 0 aromatic heterocycles. The SMILES string of the molecule is CCCCCCCCCCCCC(=O)NCCNC(=O)C=CC(=O)O. The van der Waals surface area contributed by atoms with Gasteiger partial charge in [0.2, 0.25) is 11.8 Å². The summed E-state index contributed by atoms with van der Waals surface area (Å²) >= 11 is 0. The van der Waals surface area contributed by atoms with Crippen LogP contribution in [0.25, 0.3) is 0 Å². The molecule has 25 heavy (non-hydrogen) atoms. The first-order valence-corrected chi connectivity index (χ1v) is 9.51. The fourth-order valence-corrected chi connectivity index (χ4v) is 2.45. The number of carbonyl (C=O) groups is 3. The van der Waals surface area contributed by atoms with Crippen LogP contribution in [0, 0.1) is 0 Å². The molecule has 2 amide bonds. The molecule has 6 nitrogen and oxygen atoms in total. The van der Waals surface area contributed by atoms with Crippen molar-refractivity contribution in [3.63, 3.8) is 0 Å². The quantitative estimate of drug-likeness (QED) is 0.293. The van der Waals surface area contributed by atoms with Gasteiger partial charge in [0.05, 0.1) is 0 Å². The van der Waals surface area contributed by atoms with Gasteiger partial charge in [-0.25, -0.2) is 4.79 Å². The smallest absolute Gasteiger partial charge is 0.328 e. The normalized spacial score (nSPS) is 10.8. The van der Waals surface area contributed by atoms with Crippen molar-refractivity contribution in [2.75, 3.05) is 13.1 Å². The van der Waals surface area contributed by atoms with Gasteiger partial charge in [0.1, 0.15) is 0 Å². The molecule has 3 N–H and O–H groups in total. The molecule has 0 saturated heterocycles. The van der Waals surface area contributed by atoms with Crippen LogP contribution in [0.2, 0.25) is 0 Å². The van der Waals surface area contributed by atoms with E-state index >= 15 is 0 Å². The Kier molecular flexibility index (Phi) is 15.7. The second kappa shape index (κ2) is 17.0. The van der Waals surface area contributed by atoms with E-state index in [1.807, 2.05) is 0 Å². The summed E-state index contributed by atoms with van der Waals surface area (Å²) in [5.74, 6) is -1.65. The van der Waals surface area contributed by atoms with E-state index in [4.69, 9.17) is 5.11 Å². The Balaban J connectivity index is 3.36. The minimum absolute atomic E-state index is 0.00473. The van der Waals surface area contributed by atoms with Crippen molar-refractivity contribution in [2.24, 2.45) is 0 Å². The number of hydrogen-bond acceptors (Lipinski definition) is 3. The monoisotopic (exact) mass is 354 g/mol. The number of carboxylic acids is 1. The summed E-state index contributed by atoms with van der Waals surface area (Å²) < 4.78 is 0. The van der Waals surface area contributed by atoms with Gasteiger partial charge in [-0.2, -0.15) is 0 Å². The highest BCUT2D eigenvalue weighted by molar-refractivity contribution is 5.93. The van der Waals surface area contributed by atoms with Crippen LogP contribution in [0.3, 0.4) is 0 Å². The van der Waals surface area contributed by atoms with Crippen molar-refractivity contribution < 1.29 is 19.5 Å². The third-order valence-corrected chi connectivity index (χ3v) is 3.88. The molecule has 0 radical (unpaired) electrons. The lowest BCUT2D eigenvalue weighted by Gasteiger charge is -2.06. The summed E-state index contributed by atoms with van der Waals surface area (Å²) in [4.78, 5) is 33.0. The highest BCUT2D eigenvalue weighted by Gasteiger charge is 2.01. The number of amides is 2. The third-order valence-electron chi connectivity index (χ3n) is 3.88. The standard InChI is InChI=1S/C19H34N2O4/c1-2-3-4-5-6-7-8-9-10-11-12-17(22)20-15-16-21-18(23)13-14-19(24)25/h13-14H,2-12,15-16H2,1H3,(H,20,22)(H,21,23)(H,24,25). The molecule has 0 spiro atoms. The highest BCUT2D eigenvalue weighted by Crippen LogP contribution is 2.11. The Hall–Kier alpha value is -1.85. The van der Waals surface area contributed by atoms with Crippen molar-refractivity contribution >= 4 is 17.8 Å². The summed E-state index contributed by atoms with van der Waals surface area (Å²) in [6.45, 7) is 2.86. The first-order valence-electron chi connectivity index (χ1n) is 9.51. The number of rotatable bonds is 16. The van der Waals surface area contributed by atoms with Crippen molar-refractivity contribution in [3.8, 4) is 0 Å². The van der Waals surface area contributed by atoms with E-state index in [9.17, 15) is 14.4 Å². The highest BCUT2D eigenvalue weighted by atomic mass is 16.4. The van der Waals surface area contributed by atoms with Gasteiger partial charge >= 0.3 is 5.97 Å². The number of carbonyl (C=O) groups excluding carboxylic acids is 2. The van der Waals surface area contributed by atoms with Gasteiger partial charge in [-0.15, -0.1) is 0 Å². The number of hydrogen-bond donors (Lipinski definition) is 3. The van der Waals surface area contributed by atoms with Crippen LogP contribution in [0.5, 0.6) is 0 Å². The third kappa shape index (κ3) is 18.3. The Morgan fingerprint density at radius 3 is 1.84 bits per heavy atom. The van der Waals surface area contributed by atoms with E-state index in [-0.39, 0.29) is 12.5 Å². The van der Waals surface area contributed by atoms with E-state index in [2.05, 4.69) is 17.6 Å². The lowest BCUT2D eigenvalue weighted by molar-refractivity contribution is -0.131. The molecule has 0 fully saturated rings. The van der Waals surface area contributed by atoms with Crippen molar-refractivity contribution in [3.05, 3.63) is 12.2 Å². The second-order valence-corrected chi connectivity index (χ2v) is 6.24. The molecule has 0 unspecified atom stereocenters. The molecule has 6 heteroatoms. The summed E-state index contributed by atoms with van der Waals surface area (Å²) in [7, 11) is 0. The van der Waals surface area contributed by atoms with Crippen molar-refractivity contribution in [2.45, 2.75) is 77.6 Å². The lowest BCUT2D eigenvalue weighted by atomic mass is 10.1.